The fourth-order valence-electron chi connectivity index (χ4n) is 4.40. The fraction of sp³-hybridized carbons (Fsp3) is 0.600. The van der Waals surface area contributed by atoms with Crippen LogP contribution in [0.2, 0.25) is 0 Å². The van der Waals surface area contributed by atoms with Gasteiger partial charge in [0.2, 0.25) is 5.95 Å². The van der Waals surface area contributed by atoms with Gasteiger partial charge in [0, 0.05) is 45.5 Å². The van der Waals surface area contributed by atoms with Gasteiger partial charge in [0.05, 0.1) is 5.69 Å². The summed E-state index contributed by atoms with van der Waals surface area (Å²) in [6.45, 7) is 5.97. The van der Waals surface area contributed by atoms with E-state index in [1.165, 1.54) is 36.9 Å². The normalized spacial score (nSPS) is 20.1. The predicted octanol–water partition coefficient (Wildman–Crippen LogP) is 2.07. The molecule has 4 heterocycles. The van der Waals surface area contributed by atoms with Crippen molar-refractivity contribution in [2.45, 2.75) is 38.5 Å². The standard InChI is InChI=1S/C20H27N7/c1-2-9-27(10-3-1)20-21-8-7-18(22-20)25-11-13-26(14-12-25)19-15-16-5-4-6-17(16)23-24-19/h7-8,15H,1-6,9-14H2. The average Bonchev–Trinajstić information content (AvgIpc) is 3.22. The van der Waals surface area contributed by atoms with Crippen LogP contribution < -0.4 is 14.7 Å². The number of piperidine rings is 1. The van der Waals surface area contributed by atoms with Crippen molar-refractivity contribution in [3.8, 4) is 0 Å². The Labute approximate surface area is 160 Å². The Morgan fingerprint density at radius 3 is 2.30 bits per heavy atom. The molecule has 2 fully saturated rings. The highest BCUT2D eigenvalue weighted by Gasteiger charge is 2.22. The van der Waals surface area contributed by atoms with E-state index in [1.54, 1.807) is 0 Å². The molecule has 142 valence electrons. The molecule has 1 aliphatic carbocycles. The molecule has 7 heteroatoms. The highest BCUT2D eigenvalue weighted by atomic mass is 15.3. The van der Waals surface area contributed by atoms with Gasteiger partial charge in [0.1, 0.15) is 5.82 Å². The first-order valence-electron chi connectivity index (χ1n) is 10.3. The smallest absolute Gasteiger partial charge is 0.227 e. The molecule has 0 spiro atoms. The lowest BCUT2D eigenvalue weighted by molar-refractivity contribution is 0.567. The van der Waals surface area contributed by atoms with Crippen molar-refractivity contribution in [2.75, 3.05) is 54.0 Å². The Balaban J connectivity index is 1.25. The van der Waals surface area contributed by atoms with Crippen LogP contribution >= 0.6 is 0 Å². The Morgan fingerprint density at radius 1 is 0.704 bits per heavy atom. The van der Waals surface area contributed by atoms with E-state index in [0.29, 0.717) is 0 Å². The second-order valence-electron chi connectivity index (χ2n) is 7.76. The molecular formula is C20H27N7. The molecule has 0 unspecified atom stereocenters. The summed E-state index contributed by atoms with van der Waals surface area (Å²) >= 11 is 0. The molecule has 0 N–H and O–H groups in total. The number of hydrogen-bond donors (Lipinski definition) is 0. The molecular weight excluding hydrogens is 338 g/mol. The molecule has 2 saturated heterocycles. The van der Waals surface area contributed by atoms with Crippen molar-refractivity contribution in [3.05, 3.63) is 29.6 Å². The topological polar surface area (TPSA) is 61.3 Å². The Kier molecular flexibility index (Phi) is 4.51. The van der Waals surface area contributed by atoms with Crippen LogP contribution in [0.1, 0.15) is 36.9 Å². The zero-order valence-corrected chi connectivity index (χ0v) is 15.8. The van der Waals surface area contributed by atoms with Crippen molar-refractivity contribution in [3.63, 3.8) is 0 Å². The lowest BCUT2D eigenvalue weighted by Crippen LogP contribution is -2.47. The van der Waals surface area contributed by atoms with E-state index >= 15 is 0 Å². The average molecular weight is 365 g/mol. The highest BCUT2D eigenvalue weighted by Crippen LogP contribution is 2.25. The van der Waals surface area contributed by atoms with E-state index in [9.17, 15) is 0 Å². The van der Waals surface area contributed by atoms with Crippen molar-refractivity contribution in [1.82, 2.24) is 20.2 Å². The number of aryl methyl sites for hydroxylation is 2. The van der Waals surface area contributed by atoms with Gasteiger partial charge >= 0.3 is 0 Å². The third kappa shape index (κ3) is 3.42. The highest BCUT2D eigenvalue weighted by molar-refractivity contribution is 5.48. The zero-order chi connectivity index (χ0) is 18.1. The molecule has 3 aliphatic rings. The maximum absolute atomic E-state index is 4.86. The van der Waals surface area contributed by atoms with Gasteiger partial charge in [-0.05, 0) is 56.2 Å². The lowest BCUT2D eigenvalue weighted by Gasteiger charge is -2.36. The second-order valence-corrected chi connectivity index (χ2v) is 7.76. The van der Waals surface area contributed by atoms with E-state index in [4.69, 9.17) is 4.98 Å². The Hall–Kier alpha value is -2.44. The van der Waals surface area contributed by atoms with Gasteiger partial charge in [0.15, 0.2) is 5.82 Å². The maximum atomic E-state index is 4.86. The summed E-state index contributed by atoms with van der Waals surface area (Å²) in [5.41, 5.74) is 2.59. The van der Waals surface area contributed by atoms with Crippen LogP contribution in [0.15, 0.2) is 18.3 Å². The quantitative estimate of drug-likeness (QED) is 0.825. The largest absolute Gasteiger partial charge is 0.353 e. The molecule has 2 aliphatic heterocycles. The van der Waals surface area contributed by atoms with Gasteiger partial charge in [0.25, 0.3) is 0 Å². The minimum Gasteiger partial charge on any atom is -0.353 e. The van der Waals surface area contributed by atoms with Crippen LogP contribution in [0.25, 0.3) is 0 Å². The molecule has 0 atom stereocenters. The van der Waals surface area contributed by atoms with Gasteiger partial charge in [-0.15, -0.1) is 5.10 Å². The predicted molar refractivity (Wildman–Crippen MR) is 107 cm³/mol. The molecule has 2 aromatic heterocycles. The number of hydrogen-bond acceptors (Lipinski definition) is 7. The van der Waals surface area contributed by atoms with E-state index in [0.717, 1.165) is 69.7 Å². The molecule has 27 heavy (non-hydrogen) atoms. The number of piperazine rings is 1. The van der Waals surface area contributed by atoms with E-state index in [-0.39, 0.29) is 0 Å². The van der Waals surface area contributed by atoms with Crippen molar-refractivity contribution in [1.29, 1.82) is 0 Å². The Bertz CT molecular complexity index is 795. The number of nitrogens with zero attached hydrogens (tertiary/aromatic N) is 7. The maximum Gasteiger partial charge on any atom is 0.227 e. The molecule has 0 aromatic carbocycles. The Morgan fingerprint density at radius 2 is 1.48 bits per heavy atom. The zero-order valence-electron chi connectivity index (χ0n) is 15.8. The van der Waals surface area contributed by atoms with Crippen LogP contribution in [-0.2, 0) is 12.8 Å². The van der Waals surface area contributed by atoms with Crippen LogP contribution in [0.3, 0.4) is 0 Å². The van der Waals surface area contributed by atoms with Gasteiger partial charge in [-0.1, -0.05) is 0 Å². The number of rotatable bonds is 3. The van der Waals surface area contributed by atoms with Crippen LogP contribution in [-0.4, -0.2) is 59.4 Å². The molecule has 0 saturated carbocycles. The minimum atomic E-state index is 0.888. The fourth-order valence-corrected chi connectivity index (χ4v) is 4.40. The first kappa shape index (κ1) is 16.7. The summed E-state index contributed by atoms with van der Waals surface area (Å²) in [6.07, 6.45) is 9.17. The number of aromatic nitrogens is 4. The van der Waals surface area contributed by atoms with Crippen LogP contribution in [0.4, 0.5) is 17.6 Å². The van der Waals surface area contributed by atoms with E-state index in [2.05, 4.69) is 35.9 Å². The third-order valence-electron chi connectivity index (χ3n) is 6.00. The molecule has 0 radical (unpaired) electrons. The first-order valence-corrected chi connectivity index (χ1v) is 10.3. The van der Waals surface area contributed by atoms with Crippen molar-refractivity contribution in [2.24, 2.45) is 0 Å². The summed E-state index contributed by atoms with van der Waals surface area (Å²) in [4.78, 5) is 16.4. The van der Waals surface area contributed by atoms with E-state index in [1.807, 2.05) is 12.3 Å². The molecule has 0 bridgehead atoms. The van der Waals surface area contributed by atoms with Gasteiger partial charge in [-0.25, -0.2) is 4.98 Å². The summed E-state index contributed by atoms with van der Waals surface area (Å²) < 4.78 is 0. The van der Waals surface area contributed by atoms with Gasteiger partial charge in [-0.2, -0.15) is 10.1 Å². The first-order chi connectivity index (χ1) is 13.4. The van der Waals surface area contributed by atoms with Gasteiger partial charge in [-0.3, -0.25) is 0 Å². The summed E-state index contributed by atoms with van der Waals surface area (Å²) in [5.74, 6) is 2.97. The lowest BCUT2D eigenvalue weighted by atomic mass is 10.1. The van der Waals surface area contributed by atoms with Crippen molar-refractivity contribution < 1.29 is 0 Å². The summed E-state index contributed by atoms with van der Waals surface area (Å²) in [5, 5.41) is 8.92. The second kappa shape index (κ2) is 7.29. The number of fused-ring (bicyclic) bond motifs is 1. The SMILES string of the molecule is c1cc(N2CCN(c3cc4c(nn3)CCC4)CC2)nc(N2CCCCC2)n1. The minimum absolute atomic E-state index is 0.888. The van der Waals surface area contributed by atoms with Crippen LogP contribution in [0, 0.1) is 0 Å². The molecule has 0 amide bonds. The summed E-state index contributed by atoms with van der Waals surface area (Å²) in [7, 11) is 0. The molecule has 2 aromatic rings. The molecule has 5 rings (SSSR count). The summed E-state index contributed by atoms with van der Waals surface area (Å²) in [6, 6.07) is 4.29. The number of anilines is 3. The molecule has 7 nitrogen and oxygen atoms in total. The third-order valence-corrected chi connectivity index (χ3v) is 6.00. The van der Waals surface area contributed by atoms with E-state index < -0.39 is 0 Å². The van der Waals surface area contributed by atoms with Crippen LogP contribution in [0.5, 0.6) is 0 Å². The van der Waals surface area contributed by atoms with Crippen molar-refractivity contribution >= 4 is 17.6 Å². The van der Waals surface area contributed by atoms with Gasteiger partial charge < -0.3 is 14.7 Å². The monoisotopic (exact) mass is 365 g/mol.